The van der Waals surface area contributed by atoms with E-state index < -0.39 is 23.1 Å². The zero-order valence-electron chi connectivity index (χ0n) is 6.14. The van der Waals surface area contributed by atoms with Gasteiger partial charge >= 0.3 is 6.18 Å². The minimum absolute atomic E-state index is 0.377. The van der Waals surface area contributed by atoms with E-state index in [-0.39, 0.29) is 0 Å². The molecule has 0 aliphatic carbocycles. The van der Waals surface area contributed by atoms with Crippen LogP contribution in [0.2, 0.25) is 0 Å². The van der Waals surface area contributed by atoms with Crippen molar-refractivity contribution in [2.45, 2.75) is 6.18 Å². The van der Waals surface area contributed by atoms with Crippen LogP contribution in [0.3, 0.4) is 0 Å². The molecule has 0 fully saturated rings. The van der Waals surface area contributed by atoms with Crippen LogP contribution >= 0.6 is 0 Å². The molecule has 0 radical (unpaired) electrons. The van der Waals surface area contributed by atoms with E-state index in [1.54, 1.807) is 5.43 Å². The summed E-state index contributed by atoms with van der Waals surface area (Å²) in [6, 6.07) is 0.377. The van der Waals surface area contributed by atoms with Crippen molar-refractivity contribution in [2.24, 2.45) is 5.84 Å². The van der Waals surface area contributed by atoms with Gasteiger partial charge < -0.3 is 5.43 Å². The first kappa shape index (κ1) is 9.52. The highest BCUT2D eigenvalue weighted by atomic mass is 19.4. The average Bonchev–Trinajstić information content (AvgIpc) is 2.03. The molecule has 0 saturated carbocycles. The van der Waals surface area contributed by atoms with Gasteiger partial charge in [-0.05, 0) is 0 Å². The summed E-state index contributed by atoms with van der Waals surface area (Å²) in [5.74, 6) is 4.14. The topological polar surface area (TPSA) is 83.8 Å². The van der Waals surface area contributed by atoms with Gasteiger partial charge in [0.05, 0.1) is 0 Å². The van der Waals surface area contributed by atoms with Crippen LogP contribution < -0.4 is 16.8 Å². The van der Waals surface area contributed by atoms with Crippen molar-refractivity contribution in [3.8, 4) is 0 Å². The molecule has 8 heteroatoms. The highest BCUT2D eigenvalue weighted by molar-refractivity contribution is 5.42. The highest BCUT2D eigenvalue weighted by Gasteiger charge is 2.34. The molecule has 0 unspecified atom stereocenters. The number of anilines is 1. The summed E-state index contributed by atoms with van der Waals surface area (Å²) in [7, 11) is 0. The van der Waals surface area contributed by atoms with E-state index in [1.807, 2.05) is 5.10 Å². The van der Waals surface area contributed by atoms with Crippen molar-refractivity contribution >= 4 is 5.82 Å². The number of hydrazine groups is 1. The molecule has 4 N–H and O–H groups in total. The van der Waals surface area contributed by atoms with Crippen LogP contribution in [0.15, 0.2) is 10.9 Å². The van der Waals surface area contributed by atoms with Crippen molar-refractivity contribution in [2.75, 3.05) is 5.43 Å². The van der Waals surface area contributed by atoms with Gasteiger partial charge in [0.25, 0.3) is 5.56 Å². The summed E-state index contributed by atoms with van der Waals surface area (Å²) in [5, 5.41) is 4.88. The lowest BCUT2D eigenvalue weighted by atomic mass is 10.3. The van der Waals surface area contributed by atoms with Gasteiger partial charge in [0.15, 0.2) is 5.82 Å². The molecule has 1 aromatic rings. The average molecular weight is 194 g/mol. The SMILES string of the molecule is NNc1n[nH]c(=O)cc1C(F)(F)F. The summed E-state index contributed by atoms with van der Waals surface area (Å²) in [5.41, 5.74) is -0.406. The Kier molecular flexibility index (Phi) is 2.24. The number of hydrogen-bond acceptors (Lipinski definition) is 4. The standard InChI is InChI=1S/C5H5F3N4O/c6-5(7,8)2-1-3(13)11-12-4(2)10-9/h1H,9H2,(H,10,12)(H,11,13). The zero-order chi connectivity index (χ0) is 10.1. The number of halogens is 3. The lowest BCUT2D eigenvalue weighted by Crippen LogP contribution is -2.21. The van der Waals surface area contributed by atoms with Crippen LogP contribution in [0, 0.1) is 0 Å². The third kappa shape index (κ3) is 1.96. The van der Waals surface area contributed by atoms with Crippen LogP contribution in [0.1, 0.15) is 5.56 Å². The van der Waals surface area contributed by atoms with E-state index >= 15 is 0 Å². The minimum atomic E-state index is -4.65. The molecule has 0 amide bonds. The fourth-order valence-corrected chi connectivity index (χ4v) is 0.729. The van der Waals surface area contributed by atoms with Gasteiger partial charge in [-0.25, -0.2) is 10.9 Å². The van der Waals surface area contributed by atoms with Crippen molar-refractivity contribution in [1.82, 2.24) is 10.2 Å². The van der Waals surface area contributed by atoms with Gasteiger partial charge in [0, 0.05) is 6.07 Å². The summed E-state index contributed by atoms with van der Waals surface area (Å²) < 4.78 is 36.4. The Bertz CT molecular complexity index is 358. The number of nitrogens with one attached hydrogen (secondary N) is 2. The number of alkyl halides is 3. The second kappa shape index (κ2) is 3.05. The van der Waals surface area contributed by atoms with Crippen LogP contribution in [-0.4, -0.2) is 10.2 Å². The first-order valence-corrected chi connectivity index (χ1v) is 3.08. The second-order valence-corrected chi connectivity index (χ2v) is 2.14. The maximum atomic E-state index is 12.1. The number of nitrogens with two attached hydrogens (primary N) is 1. The quantitative estimate of drug-likeness (QED) is 0.436. The maximum Gasteiger partial charge on any atom is 0.420 e. The Morgan fingerprint density at radius 1 is 1.54 bits per heavy atom. The van der Waals surface area contributed by atoms with Crippen molar-refractivity contribution in [1.29, 1.82) is 0 Å². The molecule has 0 bridgehead atoms. The minimum Gasteiger partial charge on any atom is -0.307 e. The second-order valence-electron chi connectivity index (χ2n) is 2.14. The van der Waals surface area contributed by atoms with Crippen LogP contribution in [0.25, 0.3) is 0 Å². The summed E-state index contributed by atoms with van der Waals surface area (Å²) in [6.45, 7) is 0. The molecule has 1 heterocycles. The van der Waals surface area contributed by atoms with Gasteiger partial charge in [0.2, 0.25) is 0 Å². The fourth-order valence-electron chi connectivity index (χ4n) is 0.729. The highest BCUT2D eigenvalue weighted by Crippen LogP contribution is 2.31. The Balaban J connectivity index is 3.32. The van der Waals surface area contributed by atoms with E-state index in [4.69, 9.17) is 5.84 Å². The van der Waals surface area contributed by atoms with Gasteiger partial charge in [-0.3, -0.25) is 4.79 Å². The van der Waals surface area contributed by atoms with Gasteiger partial charge in [0.1, 0.15) is 5.56 Å². The van der Waals surface area contributed by atoms with Crippen molar-refractivity contribution < 1.29 is 13.2 Å². The number of H-pyrrole nitrogens is 1. The Labute approximate surface area is 69.7 Å². The third-order valence-corrected chi connectivity index (χ3v) is 1.25. The first-order valence-electron chi connectivity index (χ1n) is 3.08. The number of nitrogens with zero attached hydrogens (tertiary/aromatic N) is 1. The van der Waals surface area contributed by atoms with Crippen LogP contribution in [0.4, 0.5) is 19.0 Å². The Morgan fingerprint density at radius 2 is 2.15 bits per heavy atom. The number of nitrogen functional groups attached to an aromatic ring is 1. The van der Waals surface area contributed by atoms with Crippen LogP contribution in [-0.2, 0) is 6.18 Å². The third-order valence-electron chi connectivity index (χ3n) is 1.25. The van der Waals surface area contributed by atoms with Gasteiger partial charge in [-0.15, -0.1) is 0 Å². The molecule has 72 valence electrons. The van der Waals surface area contributed by atoms with E-state index in [9.17, 15) is 18.0 Å². The number of hydrogen-bond donors (Lipinski definition) is 3. The summed E-state index contributed by atoms with van der Waals surface area (Å²) in [6.07, 6.45) is -4.65. The predicted octanol–water partition coefficient (Wildman–Crippen LogP) is 0.0743. The first-order chi connectivity index (χ1) is 5.95. The number of rotatable bonds is 1. The molecule has 0 aromatic carbocycles. The molecule has 5 nitrogen and oxygen atoms in total. The van der Waals surface area contributed by atoms with Gasteiger partial charge in [-0.2, -0.15) is 18.3 Å². The number of aromatic amines is 1. The molecular formula is C5H5F3N4O. The predicted molar refractivity (Wildman–Crippen MR) is 37.7 cm³/mol. The largest absolute Gasteiger partial charge is 0.420 e. The molecule has 0 atom stereocenters. The van der Waals surface area contributed by atoms with E-state index in [1.165, 1.54) is 0 Å². The Hall–Kier alpha value is -1.57. The molecule has 0 aliphatic heterocycles. The van der Waals surface area contributed by atoms with Crippen LogP contribution in [0.5, 0.6) is 0 Å². The smallest absolute Gasteiger partial charge is 0.307 e. The van der Waals surface area contributed by atoms with E-state index in [0.717, 1.165) is 0 Å². The van der Waals surface area contributed by atoms with Gasteiger partial charge in [-0.1, -0.05) is 0 Å². The molecule has 0 saturated heterocycles. The maximum absolute atomic E-state index is 12.1. The molecule has 0 aliphatic rings. The lowest BCUT2D eigenvalue weighted by molar-refractivity contribution is -0.137. The molecule has 1 rings (SSSR count). The van der Waals surface area contributed by atoms with Crippen molar-refractivity contribution in [3.05, 3.63) is 22.0 Å². The normalized spacial score (nSPS) is 11.4. The van der Waals surface area contributed by atoms with E-state index in [2.05, 4.69) is 5.10 Å². The number of aromatic nitrogens is 2. The molecule has 0 spiro atoms. The fraction of sp³-hybridized carbons (Fsp3) is 0.200. The Morgan fingerprint density at radius 3 is 2.62 bits per heavy atom. The summed E-state index contributed by atoms with van der Waals surface area (Å²) in [4.78, 5) is 10.5. The molecule has 13 heavy (non-hydrogen) atoms. The summed E-state index contributed by atoms with van der Waals surface area (Å²) >= 11 is 0. The monoisotopic (exact) mass is 194 g/mol. The molecular weight excluding hydrogens is 189 g/mol. The molecule has 1 aromatic heterocycles. The van der Waals surface area contributed by atoms with E-state index in [0.29, 0.717) is 6.07 Å². The van der Waals surface area contributed by atoms with Crippen molar-refractivity contribution in [3.63, 3.8) is 0 Å². The zero-order valence-corrected chi connectivity index (χ0v) is 6.14. The lowest BCUT2D eigenvalue weighted by Gasteiger charge is -2.09.